The van der Waals surface area contributed by atoms with Gasteiger partial charge in [-0.25, -0.2) is 4.79 Å². The second-order valence-electron chi connectivity index (χ2n) is 3.31. The van der Waals surface area contributed by atoms with E-state index < -0.39 is 0 Å². The Morgan fingerprint density at radius 3 is 2.94 bits per heavy atom. The van der Waals surface area contributed by atoms with Crippen molar-refractivity contribution in [2.45, 2.75) is 19.4 Å². The fourth-order valence-corrected chi connectivity index (χ4v) is 2.38. The molecule has 0 spiro atoms. The van der Waals surface area contributed by atoms with Crippen LogP contribution in [0.5, 0.6) is 0 Å². The highest BCUT2D eigenvalue weighted by molar-refractivity contribution is 7.12. The Bertz CT molecular complexity index is 360. The van der Waals surface area contributed by atoms with Crippen LogP contribution in [0.25, 0.3) is 0 Å². The molecule has 16 heavy (non-hydrogen) atoms. The number of aryl methyl sites for hydroxylation is 1. The van der Waals surface area contributed by atoms with Crippen molar-refractivity contribution in [1.82, 2.24) is 5.32 Å². The molecule has 0 amide bonds. The van der Waals surface area contributed by atoms with Crippen molar-refractivity contribution in [3.05, 3.63) is 34.5 Å². The monoisotopic (exact) mass is 239 g/mol. The van der Waals surface area contributed by atoms with Crippen molar-refractivity contribution in [3.63, 3.8) is 0 Å². The molecule has 1 N–H and O–H groups in total. The molecule has 88 valence electrons. The standard InChI is InChI=1S/C12H17NO2S/c1-4-8-13-11(12(14)15-3)10-7-6-9(5-2)16-10/h4,6-7,11,13H,1,5,8H2,2-3H3. The van der Waals surface area contributed by atoms with Crippen LogP contribution in [0, 0.1) is 0 Å². The van der Waals surface area contributed by atoms with Gasteiger partial charge in [0.2, 0.25) is 0 Å². The molecule has 0 aliphatic carbocycles. The third-order valence-corrected chi connectivity index (χ3v) is 3.51. The summed E-state index contributed by atoms with van der Waals surface area (Å²) in [6.45, 7) is 6.30. The van der Waals surface area contributed by atoms with Gasteiger partial charge in [-0.1, -0.05) is 13.0 Å². The lowest BCUT2D eigenvalue weighted by atomic mass is 10.2. The molecule has 0 saturated carbocycles. The molecule has 1 heterocycles. The second-order valence-corrected chi connectivity index (χ2v) is 4.51. The van der Waals surface area contributed by atoms with Crippen molar-refractivity contribution in [3.8, 4) is 0 Å². The first-order valence-electron chi connectivity index (χ1n) is 5.23. The maximum Gasteiger partial charge on any atom is 0.328 e. The van der Waals surface area contributed by atoms with Crippen LogP contribution in [0.2, 0.25) is 0 Å². The van der Waals surface area contributed by atoms with Crippen LogP contribution in [0.15, 0.2) is 24.8 Å². The lowest BCUT2D eigenvalue weighted by Crippen LogP contribution is -2.28. The van der Waals surface area contributed by atoms with Gasteiger partial charge >= 0.3 is 5.97 Å². The first-order chi connectivity index (χ1) is 7.72. The molecule has 1 rings (SSSR count). The first kappa shape index (κ1) is 12.9. The summed E-state index contributed by atoms with van der Waals surface area (Å²) in [5, 5.41) is 3.09. The summed E-state index contributed by atoms with van der Waals surface area (Å²) in [4.78, 5) is 13.9. The summed E-state index contributed by atoms with van der Waals surface area (Å²) < 4.78 is 4.78. The average molecular weight is 239 g/mol. The second kappa shape index (κ2) is 6.45. The highest BCUT2D eigenvalue weighted by Gasteiger charge is 2.21. The Labute approximate surface area is 100 Å². The van der Waals surface area contributed by atoms with Gasteiger partial charge in [0.1, 0.15) is 6.04 Å². The van der Waals surface area contributed by atoms with Gasteiger partial charge in [0.25, 0.3) is 0 Å². The Morgan fingerprint density at radius 1 is 1.69 bits per heavy atom. The van der Waals surface area contributed by atoms with E-state index in [-0.39, 0.29) is 12.0 Å². The van der Waals surface area contributed by atoms with Crippen molar-refractivity contribution in [2.75, 3.05) is 13.7 Å². The Morgan fingerprint density at radius 2 is 2.44 bits per heavy atom. The average Bonchev–Trinajstić information content (AvgIpc) is 2.77. The molecule has 3 nitrogen and oxygen atoms in total. The lowest BCUT2D eigenvalue weighted by Gasteiger charge is -2.13. The normalized spacial score (nSPS) is 12.1. The molecule has 1 unspecified atom stereocenters. The third-order valence-electron chi connectivity index (χ3n) is 2.22. The summed E-state index contributed by atoms with van der Waals surface area (Å²) in [6.07, 6.45) is 2.71. The molecule has 1 atom stereocenters. The molecule has 4 heteroatoms. The molecular formula is C12H17NO2S. The molecule has 0 aromatic carbocycles. The van der Waals surface area contributed by atoms with Crippen molar-refractivity contribution >= 4 is 17.3 Å². The van der Waals surface area contributed by atoms with E-state index in [4.69, 9.17) is 4.74 Å². The van der Waals surface area contributed by atoms with Gasteiger partial charge < -0.3 is 4.74 Å². The number of rotatable bonds is 6. The minimum atomic E-state index is -0.381. The zero-order valence-electron chi connectivity index (χ0n) is 9.66. The SMILES string of the molecule is C=CCNC(C(=O)OC)c1ccc(CC)s1. The van der Waals surface area contributed by atoms with E-state index in [0.29, 0.717) is 6.54 Å². The van der Waals surface area contributed by atoms with Gasteiger partial charge in [-0.2, -0.15) is 0 Å². The van der Waals surface area contributed by atoms with Crippen molar-refractivity contribution in [2.24, 2.45) is 0 Å². The van der Waals surface area contributed by atoms with Gasteiger partial charge in [0.15, 0.2) is 0 Å². The largest absolute Gasteiger partial charge is 0.468 e. The summed E-state index contributed by atoms with van der Waals surface area (Å²) >= 11 is 1.64. The molecule has 0 aliphatic rings. The molecule has 0 aliphatic heterocycles. The predicted molar refractivity (Wildman–Crippen MR) is 66.7 cm³/mol. The summed E-state index contributed by atoms with van der Waals surface area (Å²) in [7, 11) is 1.40. The van der Waals surface area contributed by atoms with Gasteiger partial charge in [-0.15, -0.1) is 17.9 Å². The lowest BCUT2D eigenvalue weighted by molar-refractivity contribution is -0.143. The number of ether oxygens (including phenoxy) is 1. The fraction of sp³-hybridized carbons (Fsp3) is 0.417. The van der Waals surface area contributed by atoms with Crippen LogP contribution >= 0.6 is 11.3 Å². The Hall–Kier alpha value is -1.13. The molecule has 0 radical (unpaired) electrons. The number of methoxy groups -OCH3 is 1. The van der Waals surface area contributed by atoms with Crippen molar-refractivity contribution < 1.29 is 9.53 Å². The quantitative estimate of drug-likeness (QED) is 0.611. The number of carbonyl (C=O) groups excluding carboxylic acids is 1. The van der Waals surface area contributed by atoms with Crippen LogP contribution < -0.4 is 5.32 Å². The van der Waals surface area contributed by atoms with Gasteiger partial charge in [-0.3, -0.25) is 5.32 Å². The summed E-state index contributed by atoms with van der Waals surface area (Å²) in [5.41, 5.74) is 0. The number of esters is 1. The number of nitrogens with one attached hydrogen (secondary N) is 1. The smallest absolute Gasteiger partial charge is 0.328 e. The summed E-state index contributed by atoms with van der Waals surface area (Å²) in [6, 6.07) is 3.64. The van der Waals surface area contributed by atoms with Crippen molar-refractivity contribution in [1.29, 1.82) is 0 Å². The molecule has 1 aromatic rings. The van der Waals surface area contributed by atoms with E-state index in [2.05, 4.69) is 18.8 Å². The van der Waals surface area contributed by atoms with E-state index in [9.17, 15) is 4.79 Å². The van der Waals surface area contributed by atoms with Gasteiger partial charge in [0.05, 0.1) is 7.11 Å². The zero-order valence-corrected chi connectivity index (χ0v) is 10.5. The molecule has 0 fully saturated rings. The van der Waals surface area contributed by atoms with E-state index >= 15 is 0 Å². The highest BCUT2D eigenvalue weighted by atomic mass is 32.1. The number of hydrogen-bond donors (Lipinski definition) is 1. The number of carbonyl (C=O) groups is 1. The van der Waals surface area contributed by atoms with Crippen LogP contribution in [0.3, 0.4) is 0 Å². The molecule has 1 aromatic heterocycles. The van der Waals surface area contributed by atoms with E-state index in [1.54, 1.807) is 17.4 Å². The Balaban J connectivity index is 2.82. The minimum Gasteiger partial charge on any atom is -0.468 e. The molecular weight excluding hydrogens is 222 g/mol. The third kappa shape index (κ3) is 3.18. The van der Waals surface area contributed by atoms with Crippen LogP contribution in [-0.4, -0.2) is 19.6 Å². The van der Waals surface area contributed by atoms with E-state index in [1.807, 2.05) is 12.1 Å². The first-order valence-corrected chi connectivity index (χ1v) is 6.05. The number of hydrogen-bond acceptors (Lipinski definition) is 4. The highest BCUT2D eigenvalue weighted by Crippen LogP contribution is 2.24. The topological polar surface area (TPSA) is 38.3 Å². The molecule has 0 bridgehead atoms. The van der Waals surface area contributed by atoms with Crippen LogP contribution in [0.1, 0.15) is 22.7 Å². The van der Waals surface area contributed by atoms with Gasteiger partial charge in [-0.05, 0) is 18.6 Å². The maximum absolute atomic E-state index is 11.6. The fourth-order valence-electron chi connectivity index (χ4n) is 1.36. The van der Waals surface area contributed by atoms with Crippen LogP contribution in [0.4, 0.5) is 0 Å². The zero-order chi connectivity index (χ0) is 12.0. The van der Waals surface area contributed by atoms with E-state index in [1.165, 1.54) is 12.0 Å². The minimum absolute atomic E-state index is 0.258. The Kier molecular flexibility index (Phi) is 5.22. The maximum atomic E-state index is 11.6. The number of thiophene rings is 1. The van der Waals surface area contributed by atoms with Crippen LogP contribution in [-0.2, 0) is 16.0 Å². The van der Waals surface area contributed by atoms with E-state index in [0.717, 1.165) is 11.3 Å². The summed E-state index contributed by atoms with van der Waals surface area (Å²) in [5.74, 6) is -0.258. The molecule has 0 saturated heterocycles. The van der Waals surface area contributed by atoms with Gasteiger partial charge in [0, 0.05) is 16.3 Å². The predicted octanol–water partition coefficient (Wildman–Crippen LogP) is 2.30.